The number of esters is 1. The Morgan fingerprint density at radius 2 is 1.05 bits per heavy atom. The van der Waals surface area contributed by atoms with Gasteiger partial charge in [-0.3, -0.25) is 0 Å². The zero-order valence-electron chi connectivity index (χ0n) is 28.9. The molecule has 0 spiro atoms. The van der Waals surface area contributed by atoms with Crippen LogP contribution in [-0.4, -0.2) is 33.3 Å². The number of methoxy groups -OCH3 is 2. The average Bonchev–Trinajstić information content (AvgIpc) is 2.96. The number of nitrogens with zero attached hydrogens (tertiary/aromatic N) is 1. The van der Waals surface area contributed by atoms with Crippen molar-refractivity contribution in [3.8, 4) is 5.75 Å². The average molecular weight is 590 g/mol. The molecule has 1 aromatic carbocycles. The van der Waals surface area contributed by atoms with Crippen molar-refractivity contribution in [2.75, 3.05) is 32.2 Å². The molecule has 238 valence electrons. The van der Waals surface area contributed by atoms with Crippen molar-refractivity contribution in [3.05, 3.63) is 93.7 Å². The SMILES string of the molecule is COC(=O)c1ccc(OC)c(N(C/C=C(\C)CC/C=C(\C)CCC=C(C)C)C/C=C(\C)CC/C=C(\C)CCC=C(C)C)c1. The van der Waals surface area contributed by atoms with Crippen molar-refractivity contribution >= 4 is 11.7 Å². The van der Waals surface area contributed by atoms with E-state index in [-0.39, 0.29) is 5.97 Å². The Hall–Kier alpha value is -3.27. The van der Waals surface area contributed by atoms with Crippen LogP contribution in [0.15, 0.2) is 88.1 Å². The van der Waals surface area contributed by atoms with Gasteiger partial charge in [0.15, 0.2) is 0 Å². The number of benzene rings is 1. The summed E-state index contributed by atoms with van der Waals surface area (Å²) in [6.45, 7) is 19.0. The molecule has 0 aromatic heterocycles. The molecule has 1 rings (SSSR count). The lowest BCUT2D eigenvalue weighted by Crippen LogP contribution is -2.25. The van der Waals surface area contributed by atoms with Crippen LogP contribution in [-0.2, 0) is 4.74 Å². The fourth-order valence-electron chi connectivity index (χ4n) is 4.66. The minimum Gasteiger partial charge on any atom is -0.495 e. The Bertz CT molecular complexity index is 1120. The lowest BCUT2D eigenvalue weighted by molar-refractivity contribution is 0.0600. The summed E-state index contributed by atoms with van der Waals surface area (Å²) in [6, 6.07) is 5.49. The minimum absolute atomic E-state index is 0.346. The first-order valence-electron chi connectivity index (χ1n) is 15.9. The van der Waals surface area contributed by atoms with Crippen molar-refractivity contribution in [3.63, 3.8) is 0 Å². The van der Waals surface area contributed by atoms with E-state index >= 15 is 0 Å². The number of rotatable bonds is 19. The summed E-state index contributed by atoms with van der Waals surface area (Å²) in [4.78, 5) is 14.6. The maximum absolute atomic E-state index is 12.3. The maximum Gasteiger partial charge on any atom is 0.337 e. The molecule has 0 heterocycles. The molecule has 1 aromatic rings. The van der Waals surface area contributed by atoms with E-state index in [2.05, 4.69) is 96.7 Å². The van der Waals surface area contributed by atoms with E-state index in [0.717, 1.165) is 75.9 Å². The largest absolute Gasteiger partial charge is 0.495 e. The van der Waals surface area contributed by atoms with Crippen molar-refractivity contribution in [1.29, 1.82) is 0 Å². The van der Waals surface area contributed by atoms with Gasteiger partial charge in [-0.05, 0) is 125 Å². The number of hydrogen-bond donors (Lipinski definition) is 0. The lowest BCUT2D eigenvalue weighted by Gasteiger charge is -2.25. The standard InChI is InChI=1S/C39H59NO3/c1-30(2)15-11-17-32(5)19-13-21-34(7)25-27-40(37-29-36(39(41)43-10)23-24-38(37)42-9)28-26-35(8)22-14-20-33(6)18-12-16-31(3)4/h15-16,19-20,23-26,29H,11-14,17-18,21-22,27-28H2,1-10H3/b32-19+,33-20+,34-25+,35-26+. The molecule has 0 aliphatic rings. The monoisotopic (exact) mass is 589 g/mol. The topological polar surface area (TPSA) is 38.8 Å². The first-order valence-corrected chi connectivity index (χ1v) is 15.9. The smallest absolute Gasteiger partial charge is 0.337 e. The second kappa shape index (κ2) is 21.4. The van der Waals surface area contributed by atoms with Crippen LogP contribution in [0.5, 0.6) is 5.75 Å². The molecular formula is C39H59NO3. The molecule has 0 bridgehead atoms. The van der Waals surface area contributed by atoms with Gasteiger partial charge >= 0.3 is 5.97 Å². The predicted octanol–water partition coefficient (Wildman–Crippen LogP) is 11.1. The first-order chi connectivity index (χ1) is 20.5. The van der Waals surface area contributed by atoms with E-state index in [1.54, 1.807) is 13.2 Å². The van der Waals surface area contributed by atoms with Gasteiger partial charge in [0.05, 0.1) is 25.5 Å². The number of ether oxygens (including phenoxy) is 2. The molecule has 0 aliphatic heterocycles. The van der Waals surface area contributed by atoms with Crippen molar-refractivity contribution in [2.24, 2.45) is 0 Å². The van der Waals surface area contributed by atoms with Gasteiger partial charge in [-0.15, -0.1) is 0 Å². The van der Waals surface area contributed by atoms with Crippen LogP contribution in [0.4, 0.5) is 5.69 Å². The zero-order valence-corrected chi connectivity index (χ0v) is 28.9. The van der Waals surface area contributed by atoms with Crippen LogP contribution < -0.4 is 9.64 Å². The molecule has 4 nitrogen and oxygen atoms in total. The maximum atomic E-state index is 12.3. The summed E-state index contributed by atoms with van der Waals surface area (Å²) in [6.07, 6.45) is 22.6. The highest BCUT2D eigenvalue weighted by molar-refractivity contribution is 5.91. The highest BCUT2D eigenvalue weighted by Crippen LogP contribution is 2.30. The predicted molar refractivity (Wildman–Crippen MR) is 187 cm³/mol. The summed E-state index contributed by atoms with van der Waals surface area (Å²) in [5.41, 5.74) is 9.80. The Kier molecular flexibility index (Phi) is 18.8. The number of hydrogen-bond acceptors (Lipinski definition) is 4. The fraction of sp³-hybridized carbons (Fsp3) is 0.513. The van der Waals surface area contributed by atoms with Crippen LogP contribution in [0, 0.1) is 0 Å². The van der Waals surface area contributed by atoms with Crippen molar-refractivity contribution < 1.29 is 14.3 Å². The Morgan fingerprint density at radius 1 is 0.628 bits per heavy atom. The normalized spacial score (nSPS) is 12.6. The van der Waals surface area contributed by atoms with Crippen molar-refractivity contribution in [1.82, 2.24) is 0 Å². The molecule has 0 unspecified atom stereocenters. The summed E-state index contributed by atoms with van der Waals surface area (Å²) in [7, 11) is 3.09. The van der Waals surface area contributed by atoms with Gasteiger partial charge in [0, 0.05) is 13.1 Å². The first kappa shape index (κ1) is 37.8. The Morgan fingerprint density at radius 3 is 1.44 bits per heavy atom. The van der Waals surface area contributed by atoms with E-state index in [1.807, 2.05) is 12.1 Å². The van der Waals surface area contributed by atoms with E-state index in [1.165, 1.54) is 40.5 Å². The van der Waals surface area contributed by atoms with Gasteiger partial charge in [-0.2, -0.15) is 0 Å². The molecule has 0 saturated heterocycles. The van der Waals surface area contributed by atoms with Gasteiger partial charge < -0.3 is 14.4 Å². The number of carbonyl (C=O) groups excluding carboxylic acids is 1. The van der Waals surface area contributed by atoms with Gasteiger partial charge in [-0.25, -0.2) is 4.79 Å². The van der Waals surface area contributed by atoms with Gasteiger partial charge in [0.2, 0.25) is 0 Å². The fourth-order valence-corrected chi connectivity index (χ4v) is 4.66. The Labute approximate surface area is 263 Å². The van der Waals surface area contributed by atoms with E-state index in [9.17, 15) is 4.79 Å². The molecule has 0 N–H and O–H groups in total. The second-order valence-electron chi connectivity index (χ2n) is 12.2. The van der Waals surface area contributed by atoms with Gasteiger partial charge in [0.25, 0.3) is 0 Å². The van der Waals surface area contributed by atoms with E-state index in [4.69, 9.17) is 9.47 Å². The van der Waals surface area contributed by atoms with E-state index in [0.29, 0.717) is 5.56 Å². The zero-order chi connectivity index (χ0) is 32.2. The van der Waals surface area contributed by atoms with Crippen LogP contribution in [0.25, 0.3) is 0 Å². The molecule has 4 heteroatoms. The molecule has 0 amide bonds. The third-order valence-electron chi connectivity index (χ3n) is 7.51. The Balaban J connectivity index is 3.03. The molecule has 0 saturated carbocycles. The molecule has 43 heavy (non-hydrogen) atoms. The molecule has 0 fully saturated rings. The molecular weight excluding hydrogens is 530 g/mol. The lowest BCUT2D eigenvalue weighted by atomic mass is 10.1. The molecule has 0 atom stereocenters. The van der Waals surface area contributed by atoms with Crippen LogP contribution in [0.1, 0.15) is 117 Å². The summed E-state index contributed by atoms with van der Waals surface area (Å²) < 4.78 is 10.7. The highest BCUT2D eigenvalue weighted by atomic mass is 16.5. The summed E-state index contributed by atoms with van der Waals surface area (Å²) in [5.74, 6) is 0.399. The minimum atomic E-state index is -0.346. The number of allylic oxidation sites excluding steroid dienone is 10. The molecule has 0 aliphatic carbocycles. The summed E-state index contributed by atoms with van der Waals surface area (Å²) >= 11 is 0. The van der Waals surface area contributed by atoms with Gasteiger partial charge in [-0.1, -0.05) is 69.9 Å². The van der Waals surface area contributed by atoms with Crippen molar-refractivity contribution in [2.45, 2.75) is 107 Å². The quantitative estimate of drug-likeness (QED) is 0.119. The molecule has 0 radical (unpaired) electrons. The van der Waals surface area contributed by atoms with Crippen LogP contribution >= 0.6 is 0 Å². The number of anilines is 1. The third-order valence-corrected chi connectivity index (χ3v) is 7.51. The highest BCUT2D eigenvalue weighted by Gasteiger charge is 2.15. The van der Waals surface area contributed by atoms with E-state index < -0.39 is 0 Å². The number of carbonyl (C=O) groups is 1. The van der Waals surface area contributed by atoms with Gasteiger partial charge in [0.1, 0.15) is 5.75 Å². The summed E-state index contributed by atoms with van der Waals surface area (Å²) in [5, 5.41) is 0. The third kappa shape index (κ3) is 16.8. The van der Waals surface area contributed by atoms with Crippen LogP contribution in [0.3, 0.4) is 0 Å². The van der Waals surface area contributed by atoms with Crippen LogP contribution in [0.2, 0.25) is 0 Å². The second-order valence-corrected chi connectivity index (χ2v) is 12.2.